The van der Waals surface area contributed by atoms with Crippen LogP contribution in [-0.4, -0.2) is 36.0 Å². The Balaban J connectivity index is 2.20. The summed E-state index contributed by atoms with van der Waals surface area (Å²) in [5.74, 6) is 0.118. The Bertz CT molecular complexity index is 1180. The van der Waals surface area contributed by atoms with Crippen LogP contribution in [0.1, 0.15) is 0 Å². The number of aromatic nitrogens is 2. The molecule has 0 N–H and O–H groups in total. The van der Waals surface area contributed by atoms with Gasteiger partial charge in [-0.1, -0.05) is 36.4 Å². The fraction of sp³-hybridized carbons (Fsp3) is 0.105. The van der Waals surface area contributed by atoms with Gasteiger partial charge in [0.15, 0.2) is 0 Å². The standard InChI is InChI=1S/C19H14N2O5/c1-24-18(22)21-14-10-6-5-9-13(14)15-16(21)11-7-3-4-8-12(11)17(20-15)26-19(23)25-2/h3-10H,1-2H3. The van der Waals surface area contributed by atoms with Crippen LogP contribution in [0.4, 0.5) is 9.59 Å². The van der Waals surface area contributed by atoms with Crippen LogP contribution in [0.25, 0.3) is 32.7 Å². The van der Waals surface area contributed by atoms with Gasteiger partial charge in [0.05, 0.1) is 25.3 Å². The van der Waals surface area contributed by atoms with Crippen molar-refractivity contribution in [2.75, 3.05) is 14.2 Å². The van der Waals surface area contributed by atoms with Gasteiger partial charge in [0, 0.05) is 16.2 Å². The number of benzene rings is 2. The summed E-state index contributed by atoms with van der Waals surface area (Å²) >= 11 is 0. The molecule has 4 aromatic rings. The minimum atomic E-state index is -0.862. The summed E-state index contributed by atoms with van der Waals surface area (Å²) in [5.41, 5.74) is 1.77. The van der Waals surface area contributed by atoms with Crippen molar-refractivity contribution < 1.29 is 23.8 Å². The molecule has 0 saturated heterocycles. The minimum absolute atomic E-state index is 0.118. The number of methoxy groups -OCH3 is 2. The van der Waals surface area contributed by atoms with Gasteiger partial charge in [-0.15, -0.1) is 0 Å². The highest BCUT2D eigenvalue weighted by Gasteiger charge is 2.22. The van der Waals surface area contributed by atoms with Gasteiger partial charge in [-0.3, -0.25) is 0 Å². The normalized spacial score (nSPS) is 11.0. The molecule has 2 aromatic carbocycles. The van der Waals surface area contributed by atoms with Crippen LogP contribution in [0, 0.1) is 0 Å². The Morgan fingerprint density at radius 3 is 2.23 bits per heavy atom. The Morgan fingerprint density at radius 1 is 0.885 bits per heavy atom. The molecule has 7 nitrogen and oxygen atoms in total. The smallest absolute Gasteiger partial charge is 0.452 e. The van der Waals surface area contributed by atoms with Gasteiger partial charge < -0.3 is 14.2 Å². The van der Waals surface area contributed by atoms with Crippen molar-refractivity contribution in [2.24, 2.45) is 0 Å². The second kappa shape index (κ2) is 6.03. The first-order chi connectivity index (χ1) is 12.7. The van der Waals surface area contributed by atoms with Crippen molar-refractivity contribution in [2.45, 2.75) is 0 Å². The lowest BCUT2D eigenvalue weighted by Gasteiger charge is -2.09. The summed E-state index contributed by atoms with van der Waals surface area (Å²) in [5, 5.41) is 2.03. The third-order valence-corrected chi connectivity index (χ3v) is 4.18. The molecular formula is C19H14N2O5. The van der Waals surface area contributed by atoms with Crippen molar-refractivity contribution in [3.63, 3.8) is 0 Å². The third-order valence-electron chi connectivity index (χ3n) is 4.18. The van der Waals surface area contributed by atoms with Gasteiger partial charge >= 0.3 is 12.2 Å². The molecule has 0 amide bonds. The number of hydrogen-bond acceptors (Lipinski definition) is 6. The number of pyridine rings is 1. The van der Waals surface area contributed by atoms with Gasteiger partial charge in [0.2, 0.25) is 5.88 Å². The molecule has 2 aromatic heterocycles. The molecule has 0 fully saturated rings. The number of fused-ring (bicyclic) bond motifs is 5. The molecule has 0 aliphatic carbocycles. The van der Waals surface area contributed by atoms with Crippen LogP contribution in [0.5, 0.6) is 5.88 Å². The second-order valence-electron chi connectivity index (χ2n) is 5.54. The van der Waals surface area contributed by atoms with Crippen LogP contribution in [0.3, 0.4) is 0 Å². The molecule has 130 valence electrons. The average molecular weight is 350 g/mol. The Labute approximate surface area is 147 Å². The van der Waals surface area contributed by atoms with Gasteiger partial charge in [-0.05, 0) is 12.1 Å². The predicted octanol–water partition coefficient (Wildman–Crippen LogP) is 4.10. The first kappa shape index (κ1) is 15.9. The lowest BCUT2D eigenvalue weighted by Crippen LogP contribution is -2.12. The Hall–Kier alpha value is -3.61. The summed E-state index contributed by atoms with van der Waals surface area (Å²) in [6.45, 7) is 0. The topological polar surface area (TPSA) is 79.7 Å². The van der Waals surface area contributed by atoms with Crippen LogP contribution in [0.15, 0.2) is 48.5 Å². The molecule has 0 aliphatic rings. The van der Waals surface area contributed by atoms with Crippen LogP contribution >= 0.6 is 0 Å². The van der Waals surface area contributed by atoms with Gasteiger partial charge in [0.1, 0.15) is 5.52 Å². The number of nitrogens with zero attached hydrogens (tertiary/aromatic N) is 2. The average Bonchev–Trinajstić information content (AvgIpc) is 3.02. The Morgan fingerprint density at radius 2 is 1.54 bits per heavy atom. The van der Waals surface area contributed by atoms with Crippen molar-refractivity contribution in [3.8, 4) is 5.88 Å². The highest BCUT2D eigenvalue weighted by atomic mass is 16.7. The molecular weight excluding hydrogens is 336 g/mol. The first-order valence-electron chi connectivity index (χ1n) is 7.81. The van der Waals surface area contributed by atoms with E-state index in [4.69, 9.17) is 9.47 Å². The van der Waals surface area contributed by atoms with E-state index >= 15 is 0 Å². The zero-order valence-electron chi connectivity index (χ0n) is 14.1. The van der Waals surface area contributed by atoms with Gasteiger partial charge in [-0.25, -0.2) is 19.1 Å². The zero-order chi connectivity index (χ0) is 18.3. The van der Waals surface area contributed by atoms with Crippen molar-refractivity contribution in [1.29, 1.82) is 0 Å². The number of para-hydroxylation sites is 1. The second-order valence-corrected chi connectivity index (χ2v) is 5.54. The molecule has 7 heteroatoms. The van der Waals surface area contributed by atoms with Crippen LogP contribution in [-0.2, 0) is 9.47 Å². The molecule has 0 saturated carbocycles. The SMILES string of the molecule is COC(=O)Oc1nc2c3ccccc3n(C(=O)OC)c2c2ccccc12. The molecule has 26 heavy (non-hydrogen) atoms. The molecule has 4 rings (SSSR count). The molecule has 2 heterocycles. The van der Waals surface area contributed by atoms with Crippen molar-refractivity contribution >= 4 is 45.0 Å². The fourth-order valence-corrected chi connectivity index (χ4v) is 3.10. The van der Waals surface area contributed by atoms with Gasteiger partial charge in [0.25, 0.3) is 0 Å². The third kappa shape index (κ3) is 2.25. The van der Waals surface area contributed by atoms with E-state index in [0.717, 1.165) is 5.39 Å². The summed E-state index contributed by atoms with van der Waals surface area (Å²) in [7, 11) is 2.56. The van der Waals surface area contributed by atoms with Crippen molar-refractivity contribution in [1.82, 2.24) is 9.55 Å². The quantitative estimate of drug-likeness (QED) is 0.481. The maximum atomic E-state index is 12.5. The molecule has 0 spiro atoms. The molecule has 0 radical (unpaired) electrons. The minimum Gasteiger partial charge on any atom is -0.452 e. The van der Waals surface area contributed by atoms with E-state index in [1.807, 2.05) is 36.4 Å². The molecule has 0 bridgehead atoms. The lowest BCUT2D eigenvalue weighted by atomic mass is 10.1. The molecule has 0 unspecified atom stereocenters. The summed E-state index contributed by atoms with van der Waals surface area (Å²) in [6.07, 6.45) is -1.39. The summed E-state index contributed by atoms with van der Waals surface area (Å²) in [4.78, 5) is 28.6. The van der Waals surface area contributed by atoms with E-state index in [9.17, 15) is 9.59 Å². The zero-order valence-corrected chi connectivity index (χ0v) is 14.1. The van der Waals surface area contributed by atoms with E-state index in [1.54, 1.807) is 12.1 Å². The number of carbonyl (C=O) groups is 2. The highest BCUT2D eigenvalue weighted by Crippen LogP contribution is 2.36. The van der Waals surface area contributed by atoms with Crippen molar-refractivity contribution in [3.05, 3.63) is 48.5 Å². The molecule has 0 aliphatic heterocycles. The van der Waals surface area contributed by atoms with E-state index in [-0.39, 0.29) is 5.88 Å². The number of hydrogen-bond donors (Lipinski definition) is 0. The van der Waals surface area contributed by atoms with E-state index < -0.39 is 12.2 Å². The van der Waals surface area contributed by atoms with E-state index in [2.05, 4.69) is 9.72 Å². The Kier molecular flexibility index (Phi) is 3.69. The van der Waals surface area contributed by atoms with Crippen LogP contribution < -0.4 is 4.74 Å². The number of carbonyl (C=O) groups excluding carboxylic acids is 2. The molecule has 0 atom stereocenters. The van der Waals surface area contributed by atoms with E-state index in [1.165, 1.54) is 18.8 Å². The summed E-state index contributed by atoms with van der Waals surface area (Å²) < 4.78 is 16.3. The predicted molar refractivity (Wildman–Crippen MR) is 95.6 cm³/mol. The first-order valence-corrected chi connectivity index (χ1v) is 7.81. The van der Waals surface area contributed by atoms with Crippen LogP contribution in [0.2, 0.25) is 0 Å². The van der Waals surface area contributed by atoms with E-state index in [0.29, 0.717) is 27.3 Å². The fourth-order valence-electron chi connectivity index (χ4n) is 3.10. The summed E-state index contributed by atoms with van der Waals surface area (Å²) in [6, 6.07) is 14.6. The monoisotopic (exact) mass is 350 g/mol. The lowest BCUT2D eigenvalue weighted by molar-refractivity contribution is 0.120. The number of rotatable bonds is 1. The highest BCUT2D eigenvalue weighted by molar-refractivity contribution is 6.20. The maximum Gasteiger partial charge on any atom is 0.514 e. The largest absolute Gasteiger partial charge is 0.514 e. The number of ether oxygens (including phenoxy) is 3. The van der Waals surface area contributed by atoms with Gasteiger partial charge in [-0.2, -0.15) is 0 Å². The maximum absolute atomic E-state index is 12.5.